The Hall–Kier alpha value is -3.19. The van der Waals surface area contributed by atoms with E-state index in [4.69, 9.17) is 0 Å². The zero-order valence-corrected chi connectivity index (χ0v) is 16.4. The van der Waals surface area contributed by atoms with Crippen LogP contribution >= 0.6 is 0 Å². The number of imide groups is 1. The molecule has 150 valence electrons. The molecule has 0 aromatic heterocycles. The number of urea groups is 1. The summed E-state index contributed by atoms with van der Waals surface area (Å²) in [7, 11) is 0. The van der Waals surface area contributed by atoms with Crippen LogP contribution < -0.4 is 15.5 Å². The molecule has 1 fully saturated rings. The molecule has 4 rings (SSSR count). The summed E-state index contributed by atoms with van der Waals surface area (Å²) in [6.45, 7) is 4.69. The van der Waals surface area contributed by atoms with Crippen LogP contribution in [0.1, 0.15) is 28.4 Å². The minimum absolute atomic E-state index is 0.000371. The highest BCUT2D eigenvalue weighted by molar-refractivity contribution is 6.12. The number of rotatable bonds is 5. The minimum Gasteiger partial charge on any atom is -0.348 e. The maximum Gasteiger partial charge on any atom is 0.329 e. The third-order valence-electron chi connectivity index (χ3n) is 5.35. The topological polar surface area (TPSA) is 81.8 Å². The van der Waals surface area contributed by atoms with Crippen molar-refractivity contribution in [3.63, 3.8) is 0 Å². The Kier molecular flexibility index (Phi) is 5.31. The van der Waals surface area contributed by atoms with Gasteiger partial charge in [-0.1, -0.05) is 24.3 Å². The van der Waals surface area contributed by atoms with Crippen LogP contribution in [0.2, 0.25) is 0 Å². The first-order valence-electron chi connectivity index (χ1n) is 9.81. The average molecular weight is 392 g/mol. The van der Waals surface area contributed by atoms with E-state index < -0.39 is 6.03 Å². The molecule has 1 unspecified atom stereocenters. The van der Waals surface area contributed by atoms with Gasteiger partial charge in [-0.2, -0.15) is 0 Å². The lowest BCUT2D eigenvalue weighted by Gasteiger charge is -2.31. The second-order valence-electron chi connectivity index (χ2n) is 7.61. The van der Waals surface area contributed by atoms with E-state index in [1.165, 1.54) is 16.0 Å². The summed E-state index contributed by atoms with van der Waals surface area (Å²) in [5.41, 5.74) is 3.88. The summed E-state index contributed by atoms with van der Waals surface area (Å²) < 4.78 is 0. The lowest BCUT2D eigenvalue weighted by Crippen LogP contribution is -2.43. The molecule has 29 heavy (non-hydrogen) atoms. The summed E-state index contributed by atoms with van der Waals surface area (Å²) >= 11 is 0. The molecule has 7 nitrogen and oxygen atoms in total. The van der Waals surface area contributed by atoms with E-state index in [9.17, 15) is 14.4 Å². The Bertz CT molecular complexity index is 941. The van der Waals surface area contributed by atoms with Crippen molar-refractivity contribution in [1.82, 2.24) is 15.5 Å². The minimum atomic E-state index is -0.441. The third kappa shape index (κ3) is 4.30. The number of hydrogen-bond acceptors (Lipinski definition) is 4. The Balaban J connectivity index is 1.32. The van der Waals surface area contributed by atoms with Gasteiger partial charge < -0.3 is 5.32 Å². The van der Waals surface area contributed by atoms with Crippen LogP contribution in [0.5, 0.6) is 0 Å². The van der Waals surface area contributed by atoms with Crippen molar-refractivity contribution < 1.29 is 14.4 Å². The highest BCUT2D eigenvalue weighted by Gasteiger charge is 2.28. The van der Waals surface area contributed by atoms with Crippen LogP contribution in [0.15, 0.2) is 48.5 Å². The number of carbonyl (C=O) groups excluding carboxylic acids is 3. The van der Waals surface area contributed by atoms with Crippen molar-refractivity contribution in [1.29, 1.82) is 0 Å². The van der Waals surface area contributed by atoms with E-state index in [-0.39, 0.29) is 24.4 Å². The highest BCUT2D eigenvalue weighted by Crippen LogP contribution is 2.19. The van der Waals surface area contributed by atoms with Gasteiger partial charge in [0.05, 0.1) is 0 Å². The number of amides is 4. The fraction of sp³-hybridized carbons (Fsp3) is 0.318. The molecule has 0 spiro atoms. The molecule has 0 radical (unpaired) electrons. The number of anilines is 1. The zero-order valence-electron chi connectivity index (χ0n) is 16.4. The van der Waals surface area contributed by atoms with E-state index >= 15 is 0 Å². The van der Waals surface area contributed by atoms with Crippen molar-refractivity contribution in [3.05, 3.63) is 65.2 Å². The van der Waals surface area contributed by atoms with Crippen molar-refractivity contribution in [2.24, 2.45) is 0 Å². The van der Waals surface area contributed by atoms with E-state index in [0.717, 1.165) is 26.1 Å². The van der Waals surface area contributed by atoms with Crippen molar-refractivity contribution in [2.75, 3.05) is 24.5 Å². The molecule has 1 atom stereocenters. The quantitative estimate of drug-likeness (QED) is 0.762. The normalized spacial score (nSPS) is 17.6. The van der Waals surface area contributed by atoms with Crippen LogP contribution in [-0.2, 0) is 17.8 Å². The van der Waals surface area contributed by atoms with Gasteiger partial charge in [0, 0.05) is 36.9 Å². The van der Waals surface area contributed by atoms with Gasteiger partial charge in [-0.15, -0.1) is 0 Å². The maximum atomic E-state index is 12.6. The Morgan fingerprint density at radius 2 is 1.79 bits per heavy atom. The van der Waals surface area contributed by atoms with Crippen LogP contribution in [-0.4, -0.2) is 48.4 Å². The van der Waals surface area contributed by atoms with E-state index in [1.807, 2.05) is 6.92 Å². The Labute approximate surface area is 169 Å². The maximum absolute atomic E-state index is 12.6. The SMILES string of the molecule is CC(CN1CCc2ccccc2C1)NC(=O)c1ccc(N2CC(=O)NC2=O)cc1. The molecule has 2 aliphatic heterocycles. The first-order valence-corrected chi connectivity index (χ1v) is 9.81. The summed E-state index contributed by atoms with van der Waals surface area (Å²) in [6, 6.07) is 14.8. The van der Waals surface area contributed by atoms with Gasteiger partial charge in [0.2, 0.25) is 5.91 Å². The van der Waals surface area contributed by atoms with Crippen molar-refractivity contribution in [3.8, 4) is 0 Å². The number of nitrogens with zero attached hydrogens (tertiary/aromatic N) is 2. The molecule has 2 aromatic carbocycles. The number of fused-ring (bicyclic) bond motifs is 1. The monoisotopic (exact) mass is 392 g/mol. The summed E-state index contributed by atoms with van der Waals surface area (Å²) in [6.07, 6.45) is 1.03. The summed E-state index contributed by atoms with van der Waals surface area (Å²) in [5.74, 6) is -0.477. The van der Waals surface area contributed by atoms with E-state index in [0.29, 0.717) is 11.3 Å². The lowest BCUT2D eigenvalue weighted by atomic mass is 9.99. The summed E-state index contributed by atoms with van der Waals surface area (Å²) in [5, 5.41) is 5.28. The van der Waals surface area contributed by atoms with Crippen LogP contribution in [0.25, 0.3) is 0 Å². The van der Waals surface area contributed by atoms with Crippen molar-refractivity contribution >= 4 is 23.5 Å². The van der Waals surface area contributed by atoms with Crippen LogP contribution in [0, 0.1) is 0 Å². The molecular weight excluding hydrogens is 368 g/mol. The molecule has 2 N–H and O–H groups in total. The lowest BCUT2D eigenvalue weighted by molar-refractivity contribution is -0.117. The summed E-state index contributed by atoms with van der Waals surface area (Å²) in [4.78, 5) is 39.3. The fourth-order valence-electron chi connectivity index (χ4n) is 3.89. The number of hydrogen-bond donors (Lipinski definition) is 2. The molecular formula is C22H24N4O3. The Morgan fingerprint density at radius 3 is 2.48 bits per heavy atom. The van der Waals surface area contributed by atoms with Gasteiger partial charge in [-0.05, 0) is 48.7 Å². The standard InChI is InChI=1S/C22H24N4O3/c1-15(12-25-11-10-16-4-2-3-5-18(16)13-25)23-21(28)17-6-8-19(9-7-17)26-14-20(27)24-22(26)29/h2-9,15H,10-14H2,1H3,(H,23,28)(H,24,27,29). The molecule has 1 saturated heterocycles. The van der Waals surface area contributed by atoms with Crippen LogP contribution in [0.4, 0.5) is 10.5 Å². The number of nitrogens with one attached hydrogen (secondary N) is 2. The molecule has 4 amide bonds. The molecule has 2 aromatic rings. The molecule has 2 aliphatic rings. The molecule has 7 heteroatoms. The Morgan fingerprint density at radius 1 is 1.07 bits per heavy atom. The predicted molar refractivity (Wildman–Crippen MR) is 110 cm³/mol. The first-order chi connectivity index (χ1) is 14.0. The smallest absolute Gasteiger partial charge is 0.329 e. The molecule has 2 heterocycles. The molecule has 0 saturated carbocycles. The van der Waals surface area contributed by atoms with E-state index in [1.54, 1.807) is 24.3 Å². The number of carbonyl (C=O) groups is 3. The predicted octanol–water partition coefficient (Wildman–Crippen LogP) is 1.92. The average Bonchev–Trinajstić information content (AvgIpc) is 3.06. The third-order valence-corrected chi connectivity index (χ3v) is 5.35. The fourth-order valence-corrected chi connectivity index (χ4v) is 3.89. The van der Waals surface area contributed by atoms with Crippen LogP contribution in [0.3, 0.4) is 0 Å². The highest BCUT2D eigenvalue weighted by atomic mass is 16.2. The molecule has 0 bridgehead atoms. The second kappa shape index (κ2) is 8.05. The largest absolute Gasteiger partial charge is 0.348 e. The van der Waals surface area contributed by atoms with E-state index in [2.05, 4.69) is 39.8 Å². The van der Waals surface area contributed by atoms with Gasteiger partial charge in [-0.3, -0.25) is 24.7 Å². The van der Waals surface area contributed by atoms with Gasteiger partial charge in [-0.25, -0.2) is 4.79 Å². The number of benzene rings is 2. The first kappa shape index (κ1) is 19.1. The molecule has 0 aliphatic carbocycles. The van der Waals surface area contributed by atoms with Gasteiger partial charge in [0.15, 0.2) is 0 Å². The second-order valence-corrected chi connectivity index (χ2v) is 7.61. The zero-order chi connectivity index (χ0) is 20.4. The van der Waals surface area contributed by atoms with Crippen molar-refractivity contribution in [2.45, 2.75) is 25.9 Å². The van der Waals surface area contributed by atoms with Gasteiger partial charge in [0.1, 0.15) is 6.54 Å². The van der Waals surface area contributed by atoms with Gasteiger partial charge in [0.25, 0.3) is 5.91 Å². The van der Waals surface area contributed by atoms with Gasteiger partial charge >= 0.3 is 6.03 Å².